The molecule has 6 nitrogen and oxygen atoms in total. The number of rotatable bonds is 34. The lowest BCUT2D eigenvalue weighted by atomic mass is 10.1. The van der Waals surface area contributed by atoms with Gasteiger partial charge in [0.1, 0.15) is 0 Å². The van der Waals surface area contributed by atoms with Crippen LogP contribution in [0.2, 0.25) is 0 Å². The fraction of sp³-hybridized carbons (Fsp3) is 0.783. The van der Waals surface area contributed by atoms with Gasteiger partial charge in [-0.05, 0) is 62.2 Å². The summed E-state index contributed by atoms with van der Waals surface area (Å²) in [4.78, 5) is 33.8. The summed E-state index contributed by atoms with van der Waals surface area (Å²) in [6.07, 6.45) is 35.6. The first-order valence-electron chi connectivity index (χ1n) is 21.6. The highest BCUT2D eigenvalue weighted by molar-refractivity contribution is 7.48. The zero-order valence-corrected chi connectivity index (χ0v) is 34.9. The van der Waals surface area contributed by atoms with Crippen LogP contribution in [0.4, 0.5) is 0 Å². The van der Waals surface area contributed by atoms with E-state index in [1.54, 1.807) is 0 Å². The largest absolute Gasteiger partial charge is 0.589 e. The van der Waals surface area contributed by atoms with Gasteiger partial charge in [-0.3, -0.25) is 14.5 Å². The van der Waals surface area contributed by atoms with E-state index in [4.69, 9.17) is 0 Å². The van der Waals surface area contributed by atoms with Crippen LogP contribution < -0.4 is 0 Å². The molecule has 0 aliphatic carbocycles. The van der Waals surface area contributed by atoms with Crippen LogP contribution in [0.1, 0.15) is 232 Å². The molecule has 0 saturated carbocycles. The van der Waals surface area contributed by atoms with Gasteiger partial charge in [-0.15, -0.1) is 0 Å². The summed E-state index contributed by atoms with van der Waals surface area (Å²) in [5.74, 6) is 22.8. The van der Waals surface area contributed by atoms with E-state index in [9.17, 15) is 19.0 Å². The number of phosphoric ester groups is 1. The number of hydrogen-bond donors (Lipinski definition) is 1. The van der Waals surface area contributed by atoms with Crippen molar-refractivity contribution in [2.24, 2.45) is 0 Å². The topological polar surface area (TPSA) is 89.9 Å². The molecule has 0 bridgehead atoms. The zero-order chi connectivity index (χ0) is 38.8. The summed E-state index contributed by atoms with van der Waals surface area (Å²) in [7, 11) is -4.74. The second-order valence-corrected chi connectivity index (χ2v) is 15.6. The molecule has 0 amide bonds. The lowest BCUT2D eigenvalue weighted by Gasteiger charge is -2.11. The van der Waals surface area contributed by atoms with Gasteiger partial charge < -0.3 is 9.05 Å². The Morgan fingerprint density at radius 2 is 0.623 bits per heavy atom. The Morgan fingerprint density at radius 1 is 0.396 bits per heavy atom. The third-order valence-corrected chi connectivity index (χ3v) is 9.96. The molecule has 7 heteroatoms. The third kappa shape index (κ3) is 42.0. The second kappa shape index (κ2) is 40.6. The first-order chi connectivity index (χ1) is 25.9. The molecule has 300 valence electrons. The molecule has 0 heterocycles. The zero-order valence-electron chi connectivity index (χ0n) is 34.0. The average molecular weight is 755 g/mol. The van der Waals surface area contributed by atoms with Crippen molar-refractivity contribution in [1.82, 2.24) is 0 Å². The number of hydrogen-bond acceptors (Lipinski definition) is 5. The van der Waals surface area contributed by atoms with Crippen LogP contribution in [-0.4, -0.2) is 16.8 Å². The molecule has 0 atom stereocenters. The third-order valence-electron chi connectivity index (χ3n) is 9.09. The number of carbonyl (C=O) groups is 2. The summed E-state index contributed by atoms with van der Waals surface area (Å²) in [5.41, 5.74) is 0. The van der Waals surface area contributed by atoms with Crippen LogP contribution in [0.3, 0.4) is 0 Å². The molecule has 0 aromatic heterocycles. The standard InChI is InChI=1S/C46H75O6P/c1-3-5-7-9-11-13-15-17-19-21-23-25-27-29-31-33-35-37-39-41-43-45(47)51-53(49,50)52-46(48)44-42-40-38-36-34-32-30-28-26-24-22-20-18-16-14-12-10-8-6-4-2/h3-20,29-44H2,1-2H3,(H,49,50). The van der Waals surface area contributed by atoms with Gasteiger partial charge in [-0.25, -0.2) is 4.57 Å². The SMILES string of the molecule is CCCCCCCCCCC#CC#CCCCCCCCCC(=O)OP(=O)(O)OC(=O)CCCCCCCCC#CC#CCCCCCCCCCC. The van der Waals surface area contributed by atoms with Crippen LogP contribution in [0.25, 0.3) is 0 Å². The Morgan fingerprint density at radius 3 is 0.887 bits per heavy atom. The van der Waals surface area contributed by atoms with Crippen molar-refractivity contribution in [2.45, 2.75) is 232 Å². The average Bonchev–Trinajstić information content (AvgIpc) is 3.12. The molecule has 1 N–H and O–H groups in total. The summed E-state index contributed by atoms with van der Waals surface area (Å²) in [6.45, 7) is 4.50. The number of carbonyl (C=O) groups excluding carboxylic acids is 2. The summed E-state index contributed by atoms with van der Waals surface area (Å²) in [6, 6.07) is 0. The maximum atomic E-state index is 12.1. The molecule has 0 aliphatic heterocycles. The molecular weight excluding hydrogens is 679 g/mol. The smallest absolute Gasteiger partial charge is 0.361 e. The predicted molar refractivity (Wildman–Crippen MR) is 221 cm³/mol. The van der Waals surface area contributed by atoms with E-state index in [-0.39, 0.29) is 12.8 Å². The van der Waals surface area contributed by atoms with Crippen LogP contribution >= 0.6 is 7.82 Å². The molecule has 0 spiro atoms. The fourth-order valence-electron chi connectivity index (χ4n) is 5.87. The number of unbranched alkanes of at least 4 members (excludes halogenated alkanes) is 28. The Hall–Kier alpha value is -2.63. The van der Waals surface area contributed by atoms with Crippen molar-refractivity contribution >= 4 is 19.8 Å². The Bertz CT molecular complexity index is 1110. The van der Waals surface area contributed by atoms with Gasteiger partial charge in [0, 0.05) is 38.5 Å². The van der Waals surface area contributed by atoms with Crippen molar-refractivity contribution in [1.29, 1.82) is 0 Å². The summed E-state index contributed by atoms with van der Waals surface area (Å²) >= 11 is 0. The maximum Gasteiger partial charge on any atom is 0.589 e. The van der Waals surface area contributed by atoms with Crippen molar-refractivity contribution in [3.05, 3.63) is 0 Å². The van der Waals surface area contributed by atoms with E-state index >= 15 is 0 Å². The van der Waals surface area contributed by atoms with E-state index in [1.165, 1.54) is 103 Å². The highest BCUT2D eigenvalue weighted by Gasteiger charge is 2.30. The molecule has 0 rings (SSSR count). The van der Waals surface area contributed by atoms with Crippen LogP contribution in [-0.2, 0) is 23.2 Å². The highest BCUT2D eigenvalue weighted by Crippen LogP contribution is 2.44. The van der Waals surface area contributed by atoms with Crippen LogP contribution in [0.5, 0.6) is 0 Å². The Kier molecular flexibility index (Phi) is 38.5. The maximum absolute atomic E-state index is 12.1. The minimum absolute atomic E-state index is 0.0174. The van der Waals surface area contributed by atoms with Crippen LogP contribution in [0.15, 0.2) is 0 Å². The van der Waals surface area contributed by atoms with Gasteiger partial charge in [-0.1, -0.05) is 179 Å². The molecule has 0 aromatic carbocycles. The molecule has 0 radical (unpaired) electrons. The Labute approximate surface area is 326 Å². The molecule has 0 fully saturated rings. The van der Waals surface area contributed by atoms with Crippen molar-refractivity contribution < 1.29 is 28.1 Å². The summed E-state index contributed by atoms with van der Waals surface area (Å²) < 4.78 is 21.2. The van der Waals surface area contributed by atoms with E-state index in [0.717, 1.165) is 89.9 Å². The van der Waals surface area contributed by atoms with Gasteiger partial charge >= 0.3 is 19.8 Å². The Balaban J connectivity index is 3.66. The molecule has 53 heavy (non-hydrogen) atoms. The molecule has 0 aromatic rings. The van der Waals surface area contributed by atoms with Gasteiger partial charge in [0.25, 0.3) is 0 Å². The van der Waals surface area contributed by atoms with E-state index in [2.05, 4.69) is 70.3 Å². The monoisotopic (exact) mass is 755 g/mol. The van der Waals surface area contributed by atoms with Gasteiger partial charge in [0.05, 0.1) is 0 Å². The highest BCUT2D eigenvalue weighted by atomic mass is 31.2. The molecule has 0 aliphatic rings. The lowest BCUT2D eigenvalue weighted by Crippen LogP contribution is -2.08. The van der Waals surface area contributed by atoms with Gasteiger partial charge in [-0.2, -0.15) is 0 Å². The van der Waals surface area contributed by atoms with Crippen molar-refractivity contribution in [2.75, 3.05) is 0 Å². The molecule has 0 unspecified atom stereocenters. The first-order valence-corrected chi connectivity index (χ1v) is 23.1. The van der Waals surface area contributed by atoms with Crippen molar-refractivity contribution in [3.8, 4) is 47.4 Å². The normalized spacial score (nSPS) is 10.5. The van der Waals surface area contributed by atoms with E-state index in [1.807, 2.05) is 0 Å². The lowest BCUT2D eigenvalue weighted by molar-refractivity contribution is -0.140. The minimum Gasteiger partial charge on any atom is -0.361 e. The fourth-order valence-corrected chi connectivity index (χ4v) is 6.60. The minimum atomic E-state index is -4.74. The van der Waals surface area contributed by atoms with Crippen molar-refractivity contribution in [3.63, 3.8) is 0 Å². The first kappa shape index (κ1) is 50.4. The number of phosphoric acid groups is 1. The van der Waals surface area contributed by atoms with Gasteiger partial charge in [0.2, 0.25) is 0 Å². The van der Waals surface area contributed by atoms with Gasteiger partial charge in [0.15, 0.2) is 0 Å². The second-order valence-electron chi connectivity index (χ2n) is 14.3. The quantitative estimate of drug-likeness (QED) is 0.0400. The van der Waals surface area contributed by atoms with Crippen LogP contribution in [0, 0.1) is 47.4 Å². The van der Waals surface area contributed by atoms with E-state index < -0.39 is 19.8 Å². The summed E-state index contributed by atoms with van der Waals surface area (Å²) in [5, 5.41) is 0. The van der Waals surface area contributed by atoms with E-state index in [0.29, 0.717) is 12.8 Å². The molecular formula is C46H75O6P. The molecule has 0 saturated heterocycles. The predicted octanol–water partition coefficient (Wildman–Crippen LogP) is 13.5.